The van der Waals surface area contributed by atoms with Crippen LogP contribution in [0.2, 0.25) is 0 Å². The summed E-state index contributed by atoms with van der Waals surface area (Å²) in [6, 6.07) is 16.3. The van der Waals surface area contributed by atoms with Crippen molar-refractivity contribution in [3.8, 4) is 0 Å². The van der Waals surface area contributed by atoms with Crippen LogP contribution in [0.1, 0.15) is 61.0 Å². The van der Waals surface area contributed by atoms with Crippen molar-refractivity contribution >= 4 is 23.6 Å². The average Bonchev–Trinajstić information content (AvgIpc) is 2.65. The molecule has 0 saturated heterocycles. The lowest BCUT2D eigenvalue weighted by Gasteiger charge is -2.06. The van der Waals surface area contributed by atoms with E-state index in [9.17, 15) is 4.79 Å². The lowest BCUT2D eigenvalue weighted by molar-refractivity contribution is 0.104. The van der Waals surface area contributed by atoms with E-state index in [1.54, 1.807) is 17.8 Å². The predicted octanol–water partition coefficient (Wildman–Crippen LogP) is 6.82. The first kappa shape index (κ1) is 19.5. The smallest absolute Gasteiger partial charge is 0.185 e. The zero-order chi connectivity index (χ0) is 17.9. The first-order valence-corrected chi connectivity index (χ1v) is 10.3. The molecule has 1 nitrogen and oxygen atoms in total. The predicted molar refractivity (Wildman–Crippen MR) is 110 cm³/mol. The van der Waals surface area contributed by atoms with Gasteiger partial charge >= 0.3 is 0 Å². The van der Waals surface area contributed by atoms with Gasteiger partial charge in [0.2, 0.25) is 0 Å². The van der Waals surface area contributed by atoms with Crippen molar-refractivity contribution in [2.45, 2.75) is 50.8 Å². The molecule has 0 fully saturated rings. The number of carbonyl (C=O) groups excluding carboxylic acids is 1. The highest BCUT2D eigenvalue weighted by atomic mass is 32.2. The molecule has 2 rings (SSSR count). The zero-order valence-corrected chi connectivity index (χ0v) is 16.1. The third-order valence-corrected chi connectivity index (χ3v) is 5.11. The van der Waals surface area contributed by atoms with E-state index in [0.29, 0.717) is 0 Å². The highest BCUT2D eigenvalue weighted by Crippen LogP contribution is 2.19. The molecule has 2 heteroatoms. The Kier molecular flexibility index (Phi) is 8.54. The number of unbranched alkanes of at least 4 members (excludes halogenated alkanes) is 3. The summed E-state index contributed by atoms with van der Waals surface area (Å²) in [6.45, 7) is 4.36. The molecule has 132 valence electrons. The number of benzene rings is 2. The number of aryl methyl sites for hydroxylation is 1. The monoisotopic (exact) mass is 352 g/mol. The number of ketones is 1. The van der Waals surface area contributed by atoms with Gasteiger partial charge in [-0.15, -0.1) is 11.8 Å². The Morgan fingerprint density at radius 1 is 0.960 bits per heavy atom. The van der Waals surface area contributed by atoms with Crippen molar-refractivity contribution in [2.24, 2.45) is 0 Å². The quantitative estimate of drug-likeness (QED) is 0.202. The van der Waals surface area contributed by atoms with Crippen molar-refractivity contribution in [3.63, 3.8) is 0 Å². The van der Waals surface area contributed by atoms with Gasteiger partial charge < -0.3 is 0 Å². The maximum atomic E-state index is 12.4. The molecule has 0 radical (unpaired) electrons. The minimum atomic E-state index is 0.0637. The van der Waals surface area contributed by atoms with Gasteiger partial charge in [0.1, 0.15) is 0 Å². The number of allylic oxidation sites excluding steroid dienone is 1. The molecule has 0 amide bonds. The minimum absolute atomic E-state index is 0.0637. The standard InChI is InChI=1S/C23H28OS/c1-3-5-6-7-10-19-11-8-9-12-20(19)15-18-23(24)21-13-16-22(17-14-21)25-4-2/h8-9,11-18H,3-7,10H2,1-2H3. The Hall–Kier alpha value is -1.80. The van der Waals surface area contributed by atoms with Crippen LogP contribution in [0.3, 0.4) is 0 Å². The molecule has 0 saturated carbocycles. The minimum Gasteiger partial charge on any atom is -0.289 e. The molecule has 0 unspecified atom stereocenters. The van der Waals surface area contributed by atoms with Crippen LogP contribution < -0.4 is 0 Å². The van der Waals surface area contributed by atoms with Gasteiger partial charge in [-0.05, 0) is 60.1 Å². The van der Waals surface area contributed by atoms with Gasteiger partial charge in [0, 0.05) is 10.5 Å². The van der Waals surface area contributed by atoms with Crippen molar-refractivity contribution in [3.05, 3.63) is 71.3 Å². The summed E-state index contributed by atoms with van der Waals surface area (Å²) in [5.74, 6) is 1.11. The van der Waals surface area contributed by atoms with Crippen LogP contribution in [0.25, 0.3) is 6.08 Å². The topological polar surface area (TPSA) is 17.1 Å². The fraction of sp³-hybridized carbons (Fsp3) is 0.348. The first-order valence-electron chi connectivity index (χ1n) is 9.27. The Morgan fingerprint density at radius 3 is 2.44 bits per heavy atom. The number of hydrogen-bond acceptors (Lipinski definition) is 2. The van der Waals surface area contributed by atoms with Crippen LogP contribution in [0, 0.1) is 0 Å². The van der Waals surface area contributed by atoms with Crippen molar-refractivity contribution < 1.29 is 4.79 Å². The summed E-state index contributed by atoms with van der Waals surface area (Å²) in [5.41, 5.74) is 3.24. The maximum Gasteiger partial charge on any atom is 0.185 e. The lowest BCUT2D eigenvalue weighted by Crippen LogP contribution is -1.95. The van der Waals surface area contributed by atoms with E-state index in [2.05, 4.69) is 32.0 Å². The fourth-order valence-corrected chi connectivity index (χ4v) is 3.47. The summed E-state index contributed by atoms with van der Waals surface area (Å²) in [5, 5.41) is 0. The average molecular weight is 353 g/mol. The van der Waals surface area contributed by atoms with Crippen LogP contribution in [0.15, 0.2) is 59.5 Å². The second kappa shape index (κ2) is 10.9. The Morgan fingerprint density at radius 2 is 1.72 bits per heavy atom. The van der Waals surface area contributed by atoms with Crippen LogP contribution in [-0.4, -0.2) is 11.5 Å². The normalized spacial score (nSPS) is 11.1. The second-order valence-electron chi connectivity index (χ2n) is 6.16. The molecule has 25 heavy (non-hydrogen) atoms. The largest absolute Gasteiger partial charge is 0.289 e. The molecule has 0 bridgehead atoms. The molecular formula is C23H28OS. The van der Waals surface area contributed by atoms with Crippen LogP contribution in [0.4, 0.5) is 0 Å². The summed E-state index contributed by atoms with van der Waals surface area (Å²) < 4.78 is 0. The van der Waals surface area contributed by atoms with E-state index >= 15 is 0 Å². The second-order valence-corrected chi connectivity index (χ2v) is 7.50. The molecule has 0 atom stereocenters. The van der Waals surface area contributed by atoms with Crippen LogP contribution in [-0.2, 0) is 6.42 Å². The van der Waals surface area contributed by atoms with Crippen molar-refractivity contribution in [2.75, 3.05) is 5.75 Å². The third kappa shape index (κ3) is 6.55. The summed E-state index contributed by atoms with van der Waals surface area (Å²) in [6.07, 6.45) is 9.78. The highest BCUT2D eigenvalue weighted by molar-refractivity contribution is 7.99. The number of carbonyl (C=O) groups is 1. The molecule has 0 heterocycles. The van der Waals surface area contributed by atoms with E-state index < -0.39 is 0 Å². The van der Waals surface area contributed by atoms with Gasteiger partial charge in [-0.2, -0.15) is 0 Å². The van der Waals surface area contributed by atoms with Gasteiger partial charge in [-0.3, -0.25) is 4.79 Å². The Bertz CT molecular complexity index is 685. The summed E-state index contributed by atoms with van der Waals surface area (Å²) >= 11 is 1.79. The first-order chi connectivity index (χ1) is 12.2. The fourth-order valence-electron chi connectivity index (χ4n) is 2.81. The van der Waals surface area contributed by atoms with Gasteiger partial charge in [0.25, 0.3) is 0 Å². The Labute approximate surface area is 156 Å². The van der Waals surface area contributed by atoms with Crippen molar-refractivity contribution in [1.29, 1.82) is 0 Å². The summed E-state index contributed by atoms with van der Waals surface area (Å²) in [7, 11) is 0. The number of thioether (sulfide) groups is 1. The van der Waals surface area contributed by atoms with Crippen LogP contribution in [0.5, 0.6) is 0 Å². The highest BCUT2D eigenvalue weighted by Gasteiger charge is 2.03. The summed E-state index contributed by atoms with van der Waals surface area (Å²) in [4.78, 5) is 13.6. The van der Waals surface area contributed by atoms with E-state index in [0.717, 1.165) is 23.3 Å². The number of rotatable bonds is 10. The molecule has 0 aromatic heterocycles. The van der Waals surface area contributed by atoms with E-state index in [1.807, 2.05) is 36.4 Å². The van der Waals surface area contributed by atoms with Gasteiger partial charge in [0.15, 0.2) is 5.78 Å². The van der Waals surface area contributed by atoms with Crippen molar-refractivity contribution in [1.82, 2.24) is 0 Å². The molecule has 0 aliphatic heterocycles. The molecule has 2 aromatic carbocycles. The molecule has 0 N–H and O–H groups in total. The third-order valence-electron chi connectivity index (χ3n) is 4.22. The molecule has 2 aromatic rings. The molecule has 0 aliphatic carbocycles. The molecular weight excluding hydrogens is 324 g/mol. The van der Waals surface area contributed by atoms with E-state index in [1.165, 1.54) is 36.1 Å². The van der Waals surface area contributed by atoms with E-state index in [4.69, 9.17) is 0 Å². The number of hydrogen-bond donors (Lipinski definition) is 0. The van der Waals surface area contributed by atoms with Gasteiger partial charge in [-0.25, -0.2) is 0 Å². The van der Waals surface area contributed by atoms with Gasteiger partial charge in [0.05, 0.1) is 0 Å². The molecule has 0 aliphatic rings. The SMILES string of the molecule is CCCCCCc1ccccc1C=CC(=O)c1ccc(SCC)cc1. The van der Waals surface area contributed by atoms with Crippen LogP contribution >= 0.6 is 11.8 Å². The van der Waals surface area contributed by atoms with Gasteiger partial charge in [-0.1, -0.05) is 63.5 Å². The van der Waals surface area contributed by atoms with E-state index in [-0.39, 0.29) is 5.78 Å². The Balaban J connectivity index is 2.01. The lowest BCUT2D eigenvalue weighted by atomic mass is 10.00. The maximum absolute atomic E-state index is 12.4. The zero-order valence-electron chi connectivity index (χ0n) is 15.3. The molecule has 0 spiro atoms.